The smallest absolute Gasteiger partial charge is 0.326 e. The lowest BCUT2D eigenvalue weighted by molar-refractivity contribution is -0.139. The zero-order valence-electron chi connectivity index (χ0n) is 9.86. The van der Waals surface area contributed by atoms with E-state index in [4.69, 9.17) is 11.5 Å². The van der Waals surface area contributed by atoms with Crippen molar-refractivity contribution in [3.8, 4) is 12.3 Å². The largest absolute Gasteiger partial charge is 0.480 e. The number of carboxylic acid groups (broad SMARTS) is 1. The van der Waals surface area contributed by atoms with E-state index in [9.17, 15) is 9.59 Å². The van der Waals surface area contributed by atoms with E-state index in [-0.39, 0.29) is 12.5 Å². The van der Waals surface area contributed by atoms with E-state index < -0.39 is 18.0 Å². The number of amides is 2. The number of carboxylic acids is 1. The molecule has 0 aromatic rings. The fourth-order valence-corrected chi connectivity index (χ4v) is 1.16. The van der Waals surface area contributed by atoms with Crippen LogP contribution in [-0.2, 0) is 4.79 Å². The summed E-state index contributed by atoms with van der Waals surface area (Å²) in [5, 5.41) is 11.3. The first-order valence-electron chi connectivity index (χ1n) is 5.06. The summed E-state index contributed by atoms with van der Waals surface area (Å²) in [5.41, 5.74) is 0. The van der Waals surface area contributed by atoms with Crippen LogP contribution < -0.4 is 5.32 Å². The molecule has 0 aromatic carbocycles. The van der Waals surface area contributed by atoms with Gasteiger partial charge in [0.25, 0.3) is 0 Å². The van der Waals surface area contributed by atoms with E-state index in [0.29, 0.717) is 6.42 Å². The van der Waals surface area contributed by atoms with E-state index in [1.165, 1.54) is 11.9 Å². The monoisotopic (exact) mass is 226 g/mol. The van der Waals surface area contributed by atoms with Crippen LogP contribution in [0, 0.1) is 18.3 Å². The van der Waals surface area contributed by atoms with Crippen molar-refractivity contribution >= 4 is 12.0 Å². The molecule has 5 heteroatoms. The standard InChI is InChI=1S/C11H18N2O3/c1-5-6-13(4)11(16)12-9(10(14)15)7-8(2)3/h1,8-9H,6-7H2,2-4H3,(H,12,16)(H,14,15)/t9-/m0/s1. The van der Waals surface area contributed by atoms with Crippen molar-refractivity contribution in [2.75, 3.05) is 13.6 Å². The third-order valence-electron chi connectivity index (χ3n) is 1.98. The zero-order chi connectivity index (χ0) is 12.7. The molecule has 2 N–H and O–H groups in total. The summed E-state index contributed by atoms with van der Waals surface area (Å²) in [4.78, 5) is 23.6. The Kier molecular flexibility index (Phi) is 6.01. The normalized spacial score (nSPS) is 11.7. The number of hydrogen-bond donors (Lipinski definition) is 2. The molecule has 0 aromatic heterocycles. The van der Waals surface area contributed by atoms with Crippen LogP contribution in [0.3, 0.4) is 0 Å². The van der Waals surface area contributed by atoms with Gasteiger partial charge >= 0.3 is 12.0 Å². The van der Waals surface area contributed by atoms with Crippen LogP contribution in [0.2, 0.25) is 0 Å². The highest BCUT2D eigenvalue weighted by molar-refractivity contribution is 5.82. The Balaban J connectivity index is 4.35. The van der Waals surface area contributed by atoms with Crippen LogP contribution in [-0.4, -0.2) is 41.6 Å². The van der Waals surface area contributed by atoms with E-state index in [0.717, 1.165) is 0 Å². The molecule has 2 amide bonds. The zero-order valence-corrected chi connectivity index (χ0v) is 9.86. The highest BCUT2D eigenvalue weighted by Crippen LogP contribution is 2.05. The van der Waals surface area contributed by atoms with Crippen LogP contribution in [0.4, 0.5) is 4.79 Å². The molecule has 0 fully saturated rings. The van der Waals surface area contributed by atoms with Gasteiger partial charge in [-0.2, -0.15) is 0 Å². The molecule has 16 heavy (non-hydrogen) atoms. The maximum absolute atomic E-state index is 11.5. The minimum atomic E-state index is -1.03. The summed E-state index contributed by atoms with van der Waals surface area (Å²) in [7, 11) is 1.52. The lowest BCUT2D eigenvalue weighted by atomic mass is 10.0. The van der Waals surface area contributed by atoms with Gasteiger partial charge in [0.1, 0.15) is 6.04 Å². The first-order valence-corrected chi connectivity index (χ1v) is 5.06. The fourth-order valence-electron chi connectivity index (χ4n) is 1.16. The van der Waals surface area contributed by atoms with Crippen LogP contribution in [0.5, 0.6) is 0 Å². The first kappa shape index (κ1) is 14.3. The predicted molar refractivity (Wildman–Crippen MR) is 60.9 cm³/mol. The van der Waals surface area contributed by atoms with Crippen LogP contribution in [0.15, 0.2) is 0 Å². The summed E-state index contributed by atoms with van der Waals surface area (Å²) in [6, 6.07) is -1.33. The quantitative estimate of drug-likeness (QED) is 0.680. The molecular weight excluding hydrogens is 208 g/mol. The molecule has 90 valence electrons. The van der Waals surface area contributed by atoms with Gasteiger partial charge in [0, 0.05) is 7.05 Å². The van der Waals surface area contributed by atoms with Crippen LogP contribution >= 0.6 is 0 Å². The molecule has 0 rings (SSSR count). The molecule has 0 saturated carbocycles. The van der Waals surface area contributed by atoms with E-state index in [1.807, 2.05) is 13.8 Å². The average molecular weight is 226 g/mol. The van der Waals surface area contributed by atoms with Crippen molar-refractivity contribution < 1.29 is 14.7 Å². The number of aliphatic carboxylic acids is 1. The number of terminal acetylenes is 1. The summed E-state index contributed by atoms with van der Waals surface area (Å²) < 4.78 is 0. The van der Waals surface area contributed by atoms with Gasteiger partial charge in [-0.1, -0.05) is 19.8 Å². The molecule has 5 nitrogen and oxygen atoms in total. The number of carbonyl (C=O) groups excluding carboxylic acids is 1. The van der Waals surface area contributed by atoms with Crippen molar-refractivity contribution in [2.24, 2.45) is 5.92 Å². The number of rotatable bonds is 5. The minimum Gasteiger partial charge on any atom is -0.480 e. The molecule has 0 unspecified atom stereocenters. The van der Waals surface area contributed by atoms with Gasteiger partial charge < -0.3 is 15.3 Å². The number of hydrogen-bond acceptors (Lipinski definition) is 2. The number of nitrogens with zero attached hydrogens (tertiary/aromatic N) is 1. The van der Waals surface area contributed by atoms with Crippen molar-refractivity contribution in [1.82, 2.24) is 10.2 Å². The highest BCUT2D eigenvalue weighted by atomic mass is 16.4. The van der Waals surface area contributed by atoms with Gasteiger partial charge in [-0.3, -0.25) is 0 Å². The van der Waals surface area contributed by atoms with E-state index in [1.54, 1.807) is 0 Å². The Morgan fingerprint density at radius 3 is 2.44 bits per heavy atom. The molecule has 0 aliphatic heterocycles. The maximum atomic E-state index is 11.5. The van der Waals surface area contributed by atoms with Crippen molar-refractivity contribution in [2.45, 2.75) is 26.3 Å². The molecule has 0 heterocycles. The Morgan fingerprint density at radius 2 is 2.06 bits per heavy atom. The molecule has 0 radical (unpaired) electrons. The molecule has 0 spiro atoms. The fraction of sp³-hybridized carbons (Fsp3) is 0.636. The van der Waals surface area contributed by atoms with Gasteiger partial charge in [-0.25, -0.2) is 9.59 Å². The Labute approximate surface area is 95.8 Å². The molecular formula is C11H18N2O3. The van der Waals surface area contributed by atoms with Crippen molar-refractivity contribution in [1.29, 1.82) is 0 Å². The predicted octanol–water partition coefficient (Wildman–Crippen LogP) is 0.760. The Morgan fingerprint density at radius 1 is 1.50 bits per heavy atom. The molecule has 0 aliphatic carbocycles. The lowest BCUT2D eigenvalue weighted by Gasteiger charge is -2.20. The van der Waals surface area contributed by atoms with E-state index >= 15 is 0 Å². The number of nitrogens with one attached hydrogen (secondary N) is 1. The summed E-state index contributed by atoms with van der Waals surface area (Å²) >= 11 is 0. The van der Waals surface area contributed by atoms with E-state index in [2.05, 4.69) is 11.2 Å². The average Bonchev–Trinajstić information content (AvgIpc) is 2.16. The summed E-state index contributed by atoms with van der Waals surface area (Å²) in [5.74, 6) is 1.47. The Hall–Kier alpha value is -1.70. The van der Waals surface area contributed by atoms with Gasteiger partial charge in [-0.15, -0.1) is 6.42 Å². The van der Waals surface area contributed by atoms with Gasteiger partial charge in [0.2, 0.25) is 0 Å². The molecule has 0 saturated heterocycles. The van der Waals surface area contributed by atoms with Gasteiger partial charge in [-0.05, 0) is 12.3 Å². The second kappa shape index (κ2) is 6.72. The third-order valence-corrected chi connectivity index (χ3v) is 1.98. The Bertz CT molecular complexity index is 294. The maximum Gasteiger partial charge on any atom is 0.326 e. The van der Waals surface area contributed by atoms with Gasteiger partial charge in [0.05, 0.1) is 6.54 Å². The van der Waals surface area contributed by atoms with Crippen molar-refractivity contribution in [3.05, 3.63) is 0 Å². The van der Waals surface area contributed by atoms with Crippen molar-refractivity contribution in [3.63, 3.8) is 0 Å². The first-order chi connectivity index (χ1) is 7.38. The highest BCUT2D eigenvalue weighted by Gasteiger charge is 2.22. The number of carbonyl (C=O) groups is 2. The topological polar surface area (TPSA) is 69.6 Å². The second-order valence-corrected chi connectivity index (χ2v) is 4.03. The van der Waals surface area contributed by atoms with Gasteiger partial charge in [0.15, 0.2) is 0 Å². The molecule has 1 atom stereocenters. The van der Waals surface area contributed by atoms with Crippen LogP contribution in [0.1, 0.15) is 20.3 Å². The number of urea groups is 1. The SMILES string of the molecule is C#CCN(C)C(=O)N[C@@H](CC(C)C)C(=O)O. The second-order valence-electron chi connectivity index (χ2n) is 4.03. The lowest BCUT2D eigenvalue weighted by Crippen LogP contribution is -2.47. The molecule has 0 bridgehead atoms. The van der Waals surface area contributed by atoms with Crippen LogP contribution in [0.25, 0.3) is 0 Å². The third kappa shape index (κ3) is 5.25. The molecule has 0 aliphatic rings. The summed E-state index contributed by atoms with van der Waals surface area (Å²) in [6.45, 7) is 3.94. The summed E-state index contributed by atoms with van der Waals surface area (Å²) in [6.07, 6.45) is 5.44. The minimum absolute atomic E-state index is 0.153.